The molecule has 0 saturated carbocycles. The minimum atomic E-state index is -0.185. The van der Waals surface area contributed by atoms with E-state index in [-0.39, 0.29) is 30.6 Å². The molecule has 1 saturated heterocycles. The molecule has 0 N–H and O–H groups in total. The van der Waals surface area contributed by atoms with Crippen molar-refractivity contribution in [3.05, 3.63) is 24.2 Å². The van der Waals surface area contributed by atoms with Gasteiger partial charge in [0.05, 0.1) is 19.4 Å². The number of hydrogen-bond donors (Lipinski definition) is 0. The molecule has 80 valence electrons. The molecule has 0 radical (unpaired) electrons. The zero-order chi connectivity index (χ0) is 10.7. The number of furan rings is 1. The van der Waals surface area contributed by atoms with E-state index in [0.29, 0.717) is 13.2 Å². The zero-order valence-electron chi connectivity index (χ0n) is 8.14. The van der Waals surface area contributed by atoms with Crippen molar-refractivity contribution in [2.75, 3.05) is 26.3 Å². The number of carbonyl (C=O) groups excluding carboxylic acids is 2. The number of Topliss-reactive ketones (excluding diaryl/α,β-unsaturated/α-hetero) is 1. The third-order valence-electron chi connectivity index (χ3n) is 2.21. The van der Waals surface area contributed by atoms with Crippen LogP contribution in [0.4, 0.5) is 0 Å². The summed E-state index contributed by atoms with van der Waals surface area (Å²) in [6.07, 6.45) is 1.44. The van der Waals surface area contributed by atoms with E-state index >= 15 is 0 Å². The summed E-state index contributed by atoms with van der Waals surface area (Å²) in [4.78, 5) is 24.4. The number of hydrogen-bond acceptors (Lipinski definition) is 4. The lowest BCUT2D eigenvalue weighted by Crippen LogP contribution is -2.44. The molecule has 2 heterocycles. The number of morpholine rings is 1. The standard InChI is InChI=1S/C10H11NO4/c12-8(9-2-1-4-15-9)6-11-3-5-14-7-10(11)13/h1-2,4H,3,5-7H2. The van der Waals surface area contributed by atoms with Crippen LogP contribution >= 0.6 is 0 Å². The smallest absolute Gasteiger partial charge is 0.249 e. The van der Waals surface area contributed by atoms with Gasteiger partial charge in [0.2, 0.25) is 11.7 Å². The maximum Gasteiger partial charge on any atom is 0.249 e. The molecule has 5 nitrogen and oxygen atoms in total. The summed E-state index contributed by atoms with van der Waals surface area (Å²) < 4.78 is 9.91. The first kappa shape index (κ1) is 9.92. The van der Waals surface area contributed by atoms with Crippen molar-refractivity contribution in [2.24, 2.45) is 0 Å². The average molecular weight is 209 g/mol. The van der Waals surface area contributed by atoms with E-state index in [2.05, 4.69) is 0 Å². The molecule has 1 aromatic rings. The van der Waals surface area contributed by atoms with Gasteiger partial charge in [-0.05, 0) is 12.1 Å². The van der Waals surface area contributed by atoms with E-state index in [0.717, 1.165) is 0 Å². The monoisotopic (exact) mass is 209 g/mol. The van der Waals surface area contributed by atoms with E-state index in [1.54, 1.807) is 12.1 Å². The highest BCUT2D eigenvalue weighted by Gasteiger charge is 2.22. The summed E-state index contributed by atoms with van der Waals surface area (Å²) in [5, 5.41) is 0. The summed E-state index contributed by atoms with van der Waals surface area (Å²) in [6.45, 7) is 1.07. The molecule has 2 rings (SSSR count). The Morgan fingerprint density at radius 3 is 3.07 bits per heavy atom. The van der Waals surface area contributed by atoms with Gasteiger partial charge < -0.3 is 14.1 Å². The van der Waals surface area contributed by atoms with Crippen molar-refractivity contribution in [1.29, 1.82) is 0 Å². The van der Waals surface area contributed by atoms with Crippen LogP contribution in [0.5, 0.6) is 0 Å². The van der Waals surface area contributed by atoms with Gasteiger partial charge in [-0.3, -0.25) is 9.59 Å². The highest BCUT2D eigenvalue weighted by molar-refractivity contribution is 5.97. The molecule has 0 unspecified atom stereocenters. The summed E-state index contributed by atoms with van der Waals surface area (Å²) >= 11 is 0. The second-order valence-corrected chi connectivity index (χ2v) is 3.27. The Balaban J connectivity index is 1.96. The van der Waals surface area contributed by atoms with Crippen molar-refractivity contribution >= 4 is 11.7 Å². The van der Waals surface area contributed by atoms with Gasteiger partial charge in [0, 0.05) is 6.54 Å². The van der Waals surface area contributed by atoms with Crippen LogP contribution in [-0.4, -0.2) is 42.9 Å². The zero-order valence-corrected chi connectivity index (χ0v) is 8.14. The fourth-order valence-corrected chi connectivity index (χ4v) is 1.41. The van der Waals surface area contributed by atoms with Crippen LogP contribution in [-0.2, 0) is 9.53 Å². The van der Waals surface area contributed by atoms with E-state index in [1.165, 1.54) is 11.2 Å². The van der Waals surface area contributed by atoms with Crippen LogP contribution in [0, 0.1) is 0 Å². The molecule has 5 heteroatoms. The van der Waals surface area contributed by atoms with E-state index in [4.69, 9.17) is 9.15 Å². The van der Waals surface area contributed by atoms with Gasteiger partial charge in [-0.25, -0.2) is 0 Å². The van der Waals surface area contributed by atoms with Crippen LogP contribution < -0.4 is 0 Å². The average Bonchev–Trinajstić information content (AvgIpc) is 2.74. The summed E-state index contributed by atoms with van der Waals surface area (Å²) in [6, 6.07) is 3.24. The molecular formula is C10H11NO4. The molecule has 1 aliphatic heterocycles. The molecule has 1 fully saturated rings. The van der Waals surface area contributed by atoms with Crippen LogP contribution in [0.3, 0.4) is 0 Å². The normalized spacial score (nSPS) is 16.8. The number of ketones is 1. The van der Waals surface area contributed by atoms with Gasteiger partial charge in [0.1, 0.15) is 6.61 Å². The first-order valence-electron chi connectivity index (χ1n) is 4.69. The molecular weight excluding hydrogens is 198 g/mol. The van der Waals surface area contributed by atoms with Gasteiger partial charge >= 0.3 is 0 Å². The second kappa shape index (κ2) is 4.27. The quantitative estimate of drug-likeness (QED) is 0.673. The highest BCUT2D eigenvalue weighted by Crippen LogP contribution is 2.05. The largest absolute Gasteiger partial charge is 0.461 e. The predicted octanol–water partition coefficient (Wildman–Crippen LogP) is 0.321. The third kappa shape index (κ3) is 2.24. The van der Waals surface area contributed by atoms with Gasteiger partial charge in [0.15, 0.2) is 5.76 Å². The fraction of sp³-hybridized carbons (Fsp3) is 0.400. The fourth-order valence-electron chi connectivity index (χ4n) is 1.41. The first-order chi connectivity index (χ1) is 7.27. The highest BCUT2D eigenvalue weighted by atomic mass is 16.5. The Bertz CT molecular complexity index is 358. The van der Waals surface area contributed by atoms with Crippen molar-refractivity contribution in [3.8, 4) is 0 Å². The van der Waals surface area contributed by atoms with E-state index in [1.807, 2.05) is 0 Å². The Hall–Kier alpha value is -1.62. The Kier molecular flexibility index (Phi) is 2.82. The molecule has 1 amide bonds. The number of ether oxygens (including phenoxy) is 1. The molecule has 0 atom stereocenters. The Morgan fingerprint density at radius 1 is 1.53 bits per heavy atom. The van der Waals surface area contributed by atoms with Crippen LogP contribution in [0.15, 0.2) is 22.8 Å². The topological polar surface area (TPSA) is 59.8 Å². The summed E-state index contributed by atoms with van der Waals surface area (Å²) in [5.74, 6) is -0.0503. The molecule has 0 bridgehead atoms. The van der Waals surface area contributed by atoms with Crippen LogP contribution in [0.25, 0.3) is 0 Å². The maximum absolute atomic E-state index is 11.6. The minimum Gasteiger partial charge on any atom is -0.461 e. The second-order valence-electron chi connectivity index (χ2n) is 3.27. The van der Waals surface area contributed by atoms with Gasteiger partial charge in [-0.1, -0.05) is 0 Å². The van der Waals surface area contributed by atoms with Gasteiger partial charge in [-0.2, -0.15) is 0 Å². The molecule has 0 aliphatic carbocycles. The van der Waals surface area contributed by atoms with E-state index < -0.39 is 0 Å². The van der Waals surface area contributed by atoms with Crippen molar-refractivity contribution in [2.45, 2.75) is 0 Å². The predicted molar refractivity (Wildman–Crippen MR) is 50.4 cm³/mol. The SMILES string of the molecule is O=C(CN1CCOCC1=O)c1ccco1. The molecule has 0 aromatic carbocycles. The Morgan fingerprint density at radius 2 is 2.40 bits per heavy atom. The number of carbonyl (C=O) groups is 2. The lowest BCUT2D eigenvalue weighted by atomic mass is 10.2. The maximum atomic E-state index is 11.6. The number of rotatable bonds is 3. The number of amides is 1. The van der Waals surface area contributed by atoms with Crippen LogP contribution in [0.1, 0.15) is 10.6 Å². The number of nitrogens with zero attached hydrogens (tertiary/aromatic N) is 1. The van der Waals surface area contributed by atoms with Crippen molar-refractivity contribution in [3.63, 3.8) is 0 Å². The molecule has 1 aliphatic rings. The van der Waals surface area contributed by atoms with Crippen molar-refractivity contribution < 1.29 is 18.7 Å². The third-order valence-corrected chi connectivity index (χ3v) is 2.21. The molecule has 0 spiro atoms. The molecule has 1 aromatic heterocycles. The lowest BCUT2D eigenvalue weighted by molar-refractivity contribution is -0.141. The van der Waals surface area contributed by atoms with Crippen LogP contribution in [0.2, 0.25) is 0 Å². The summed E-state index contributed by atoms with van der Waals surface area (Å²) in [7, 11) is 0. The minimum absolute atomic E-state index is 0.0609. The van der Waals surface area contributed by atoms with E-state index in [9.17, 15) is 9.59 Å². The van der Waals surface area contributed by atoms with Gasteiger partial charge in [0.25, 0.3) is 0 Å². The summed E-state index contributed by atoms with van der Waals surface area (Å²) in [5.41, 5.74) is 0. The van der Waals surface area contributed by atoms with Crippen molar-refractivity contribution in [1.82, 2.24) is 4.90 Å². The first-order valence-corrected chi connectivity index (χ1v) is 4.69. The molecule has 15 heavy (non-hydrogen) atoms. The lowest BCUT2D eigenvalue weighted by Gasteiger charge is -2.25. The Labute approximate surface area is 86.6 Å². The van der Waals surface area contributed by atoms with Gasteiger partial charge in [-0.15, -0.1) is 0 Å².